The molecule has 0 unspecified atom stereocenters. The van der Waals surface area contributed by atoms with Crippen LogP contribution < -0.4 is 5.32 Å². The van der Waals surface area contributed by atoms with Gasteiger partial charge in [0.1, 0.15) is 0 Å². The van der Waals surface area contributed by atoms with Gasteiger partial charge in [0.05, 0.1) is 5.60 Å². The van der Waals surface area contributed by atoms with Crippen LogP contribution in [0.5, 0.6) is 0 Å². The molecular formula is C13H27NO2. The number of hydrogen-bond donors (Lipinski definition) is 1. The van der Waals surface area contributed by atoms with Gasteiger partial charge < -0.3 is 10.1 Å². The summed E-state index contributed by atoms with van der Waals surface area (Å²) < 4.78 is 5.82. The van der Waals surface area contributed by atoms with Gasteiger partial charge in [-0.3, -0.25) is 4.79 Å². The van der Waals surface area contributed by atoms with Crippen molar-refractivity contribution in [3.05, 3.63) is 0 Å². The van der Waals surface area contributed by atoms with Gasteiger partial charge in [-0.25, -0.2) is 0 Å². The Balaban J connectivity index is 3.82. The number of carbonyl (C=O) groups is 1. The van der Waals surface area contributed by atoms with Crippen LogP contribution in [-0.2, 0) is 9.53 Å². The Hall–Kier alpha value is -0.570. The number of carbonyl (C=O) groups excluding carboxylic acids is 1. The summed E-state index contributed by atoms with van der Waals surface area (Å²) in [7, 11) is 1.66. The van der Waals surface area contributed by atoms with Gasteiger partial charge in [-0.05, 0) is 32.1 Å². The van der Waals surface area contributed by atoms with Gasteiger partial charge in [0.25, 0.3) is 0 Å². The van der Waals surface area contributed by atoms with E-state index in [1.54, 1.807) is 7.05 Å². The second-order valence-corrected chi connectivity index (χ2v) is 6.09. The summed E-state index contributed by atoms with van der Waals surface area (Å²) in [6.45, 7) is 11.4. The molecule has 0 fully saturated rings. The Labute approximate surface area is 99.9 Å². The second-order valence-electron chi connectivity index (χ2n) is 6.09. The molecule has 16 heavy (non-hydrogen) atoms. The molecule has 0 heterocycles. The van der Waals surface area contributed by atoms with Crippen LogP contribution in [0.3, 0.4) is 0 Å². The van der Waals surface area contributed by atoms with E-state index >= 15 is 0 Å². The number of nitrogens with one attached hydrogen (secondary N) is 1. The van der Waals surface area contributed by atoms with Gasteiger partial charge in [-0.15, -0.1) is 0 Å². The van der Waals surface area contributed by atoms with Gasteiger partial charge in [-0.2, -0.15) is 0 Å². The Morgan fingerprint density at radius 2 is 1.69 bits per heavy atom. The molecule has 0 saturated carbocycles. The normalized spacial score (nSPS) is 12.6. The molecule has 0 aromatic heterocycles. The Morgan fingerprint density at radius 1 is 1.12 bits per heavy atom. The minimum absolute atomic E-state index is 0.0764. The van der Waals surface area contributed by atoms with Crippen molar-refractivity contribution in [1.29, 1.82) is 0 Å². The number of hydrogen-bond acceptors (Lipinski definition) is 2. The summed E-state index contributed by atoms with van der Waals surface area (Å²) >= 11 is 0. The molecule has 0 saturated heterocycles. The third-order valence-electron chi connectivity index (χ3n) is 2.58. The zero-order chi connectivity index (χ0) is 12.8. The second kappa shape index (κ2) is 6.24. The summed E-state index contributed by atoms with van der Waals surface area (Å²) in [6.07, 6.45) is 2.33. The summed E-state index contributed by atoms with van der Waals surface area (Å²) in [5, 5.41) is 2.62. The number of ether oxygens (including phenoxy) is 1. The molecule has 3 nitrogen and oxygen atoms in total. The SMILES string of the molecule is CNC(=O)CCC(C)(C)OCCC(C)(C)C. The lowest BCUT2D eigenvalue weighted by Crippen LogP contribution is -2.29. The fourth-order valence-corrected chi connectivity index (χ4v) is 1.25. The van der Waals surface area contributed by atoms with Gasteiger partial charge in [0.15, 0.2) is 0 Å². The van der Waals surface area contributed by atoms with Crippen molar-refractivity contribution < 1.29 is 9.53 Å². The van der Waals surface area contributed by atoms with Gasteiger partial charge >= 0.3 is 0 Å². The Kier molecular flexibility index (Phi) is 6.01. The molecule has 0 rings (SSSR count). The number of amides is 1. The average Bonchev–Trinajstić information content (AvgIpc) is 2.12. The van der Waals surface area contributed by atoms with Crippen molar-refractivity contribution in [2.75, 3.05) is 13.7 Å². The first-order valence-corrected chi connectivity index (χ1v) is 6.01. The highest BCUT2D eigenvalue weighted by Crippen LogP contribution is 2.22. The van der Waals surface area contributed by atoms with Crippen LogP contribution >= 0.6 is 0 Å². The maximum atomic E-state index is 11.1. The van der Waals surface area contributed by atoms with Crippen molar-refractivity contribution >= 4 is 5.91 Å². The van der Waals surface area contributed by atoms with E-state index in [-0.39, 0.29) is 11.5 Å². The predicted molar refractivity (Wildman–Crippen MR) is 67.4 cm³/mol. The van der Waals surface area contributed by atoms with E-state index in [0.717, 1.165) is 19.4 Å². The minimum Gasteiger partial charge on any atom is -0.376 e. The molecule has 0 radical (unpaired) electrons. The first kappa shape index (κ1) is 15.4. The smallest absolute Gasteiger partial charge is 0.219 e. The fraction of sp³-hybridized carbons (Fsp3) is 0.923. The van der Waals surface area contributed by atoms with Crippen LogP contribution in [0.25, 0.3) is 0 Å². The topological polar surface area (TPSA) is 38.3 Å². The van der Waals surface area contributed by atoms with Gasteiger partial charge in [0.2, 0.25) is 5.91 Å². The average molecular weight is 229 g/mol. The third-order valence-corrected chi connectivity index (χ3v) is 2.58. The summed E-state index contributed by atoms with van der Waals surface area (Å²) in [6, 6.07) is 0. The van der Waals surface area contributed by atoms with Crippen molar-refractivity contribution in [3.63, 3.8) is 0 Å². The van der Waals surface area contributed by atoms with E-state index in [9.17, 15) is 4.79 Å². The molecule has 0 aliphatic rings. The molecule has 0 spiro atoms. The molecule has 0 aromatic carbocycles. The maximum absolute atomic E-state index is 11.1. The van der Waals surface area contributed by atoms with Crippen LogP contribution in [0.1, 0.15) is 53.9 Å². The van der Waals surface area contributed by atoms with Crippen molar-refractivity contribution in [1.82, 2.24) is 5.32 Å². The minimum atomic E-state index is -0.211. The van der Waals surface area contributed by atoms with Gasteiger partial charge in [0, 0.05) is 20.1 Å². The zero-order valence-electron chi connectivity index (χ0n) is 11.6. The van der Waals surface area contributed by atoms with Gasteiger partial charge in [-0.1, -0.05) is 20.8 Å². The highest BCUT2D eigenvalue weighted by atomic mass is 16.5. The van der Waals surface area contributed by atoms with E-state index in [4.69, 9.17) is 4.74 Å². The standard InChI is InChI=1S/C13H27NO2/c1-12(2,3)9-10-16-13(4,5)8-7-11(15)14-6/h7-10H2,1-6H3,(H,14,15). The van der Waals surface area contributed by atoms with Crippen LogP contribution in [0.15, 0.2) is 0 Å². The highest BCUT2D eigenvalue weighted by Gasteiger charge is 2.20. The lowest BCUT2D eigenvalue weighted by atomic mass is 9.93. The van der Waals surface area contributed by atoms with E-state index in [2.05, 4.69) is 26.1 Å². The molecular weight excluding hydrogens is 202 g/mol. The molecule has 0 aliphatic heterocycles. The largest absolute Gasteiger partial charge is 0.376 e. The predicted octanol–water partition coefficient (Wildman–Crippen LogP) is 2.74. The lowest BCUT2D eigenvalue weighted by Gasteiger charge is -2.27. The lowest BCUT2D eigenvalue weighted by molar-refractivity contribution is -0.122. The van der Waals surface area contributed by atoms with E-state index in [1.807, 2.05) is 13.8 Å². The van der Waals surface area contributed by atoms with Crippen LogP contribution in [0.2, 0.25) is 0 Å². The monoisotopic (exact) mass is 229 g/mol. The molecule has 0 aromatic rings. The van der Waals surface area contributed by atoms with E-state index in [0.29, 0.717) is 11.8 Å². The summed E-state index contributed by atoms with van der Waals surface area (Å²) in [5.41, 5.74) is 0.0919. The molecule has 0 bridgehead atoms. The zero-order valence-corrected chi connectivity index (χ0v) is 11.6. The maximum Gasteiger partial charge on any atom is 0.219 e. The third kappa shape index (κ3) is 8.72. The van der Waals surface area contributed by atoms with E-state index in [1.165, 1.54) is 0 Å². The van der Waals surface area contributed by atoms with Crippen molar-refractivity contribution in [3.8, 4) is 0 Å². The first-order chi connectivity index (χ1) is 7.16. The quantitative estimate of drug-likeness (QED) is 0.760. The molecule has 96 valence electrons. The Bertz CT molecular complexity index is 216. The molecule has 1 amide bonds. The molecule has 0 atom stereocenters. The van der Waals surface area contributed by atoms with Crippen LogP contribution in [-0.4, -0.2) is 25.2 Å². The highest BCUT2D eigenvalue weighted by molar-refractivity contribution is 5.75. The van der Waals surface area contributed by atoms with Crippen molar-refractivity contribution in [2.24, 2.45) is 5.41 Å². The summed E-state index contributed by atoms with van der Waals surface area (Å²) in [5.74, 6) is 0.0764. The van der Waals surface area contributed by atoms with E-state index < -0.39 is 0 Å². The van der Waals surface area contributed by atoms with Crippen LogP contribution in [0, 0.1) is 5.41 Å². The van der Waals surface area contributed by atoms with Crippen molar-refractivity contribution in [2.45, 2.75) is 59.5 Å². The summed E-state index contributed by atoms with van der Waals surface area (Å²) in [4.78, 5) is 11.1. The fourth-order valence-electron chi connectivity index (χ4n) is 1.25. The molecule has 0 aliphatic carbocycles. The number of rotatable bonds is 6. The molecule has 1 N–H and O–H groups in total. The molecule has 3 heteroatoms. The Morgan fingerprint density at radius 3 is 2.12 bits per heavy atom. The van der Waals surface area contributed by atoms with Crippen LogP contribution in [0.4, 0.5) is 0 Å². The first-order valence-electron chi connectivity index (χ1n) is 6.01.